The van der Waals surface area contributed by atoms with Crippen molar-refractivity contribution in [1.29, 1.82) is 0 Å². The maximum atomic E-state index is 11.1. The van der Waals surface area contributed by atoms with Crippen LogP contribution >= 0.6 is 15.6 Å². The Kier molecular flexibility index (Phi) is 4.88. The van der Waals surface area contributed by atoms with E-state index in [4.69, 9.17) is 14.7 Å². The zero-order chi connectivity index (χ0) is 12.2. The van der Waals surface area contributed by atoms with E-state index >= 15 is 0 Å². The average Bonchev–Trinajstić information content (AvgIpc) is 2.13. The predicted molar refractivity (Wildman–Crippen MR) is 55.5 cm³/mol. The summed E-state index contributed by atoms with van der Waals surface area (Å²) in [7, 11) is -9.70. The molecule has 1 rings (SSSR count). The zero-order valence-corrected chi connectivity index (χ0v) is 10.3. The van der Waals surface area contributed by atoms with Crippen LogP contribution in [0.15, 0.2) is 11.6 Å². The molecule has 1 atom stereocenters. The predicted octanol–water partition coefficient (Wildman–Crippen LogP) is 1.71. The van der Waals surface area contributed by atoms with Crippen molar-refractivity contribution in [3.05, 3.63) is 11.6 Å². The number of phosphoric ester groups is 1. The van der Waals surface area contributed by atoms with Crippen molar-refractivity contribution in [2.24, 2.45) is 0 Å². The quantitative estimate of drug-likeness (QED) is 0.515. The van der Waals surface area contributed by atoms with Crippen LogP contribution in [0.25, 0.3) is 0 Å². The molecular formula is C7H14O7P2. The third-order valence-corrected chi connectivity index (χ3v) is 4.14. The Morgan fingerprint density at radius 2 is 1.94 bits per heavy atom. The molecule has 94 valence electrons. The van der Waals surface area contributed by atoms with Gasteiger partial charge < -0.3 is 14.7 Å². The van der Waals surface area contributed by atoms with E-state index in [0.717, 1.165) is 31.3 Å². The fourth-order valence-corrected chi connectivity index (χ4v) is 2.95. The second kappa shape index (κ2) is 5.56. The normalized spacial score (nSPS) is 21.3. The molecule has 0 bridgehead atoms. The van der Waals surface area contributed by atoms with Crippen LogP contribution in [0.3, 0.4) is 0 Å². The minimum atomic E-state index is -5.01. The van der Waals surface area contributed by atoms with E-state index in [0.29, 0.717) is 0 Å². The maximum absolute atomic E-state index is 11.1. The summed E-state index contributed by atoms with van der Waals surface area (Å²) < 4.78 is 29.5. The molecule has 1 aliphatic rings. The van der Waals surface area contributed by atoms with Gasteiger partial charge in [-0.1, -0.05) is 6.08 Å². The van der Waals surface area contributed by atoms with Gasteiger partial charge in [-0.05, 0) is 31.3 Å². The maximum Gasteiger partial charge on any atom is 0.481 e. The van der Waals surface area contributed by atoms with Crippen LogP contribution in [-0.4, -0.2) is 21.3 Å². The second-order valence-electron chi connectivity index (χ2n) is 3.42. The largest absolute Gasteiger partial charge is 0.481 e. The second-order valence-corrected chi connectivity index (χ2v) is 6.25. The van der Waals surface area contributed by atoms with E-state index in [9.17, 15) is 9.13 Å². The van der Waals surface area contributed by atoms with Crippen molar-refractivity contribution in [1.82, 2.24) is 0 Å². The Morgan fingerprint density at radius 1 is 1.25 bits per heavy atom. The zero-order valence-electron chi connectivity index (χ0n) is 8.48. The van der Waals surface area contributed by atoms with Gasteiger partial charge in [-0.2, -0.15) is 4.31 Å². The van der Waals surface area contributed by atoms with Gasteiger partial charge in [-0.25, -0.2) is 9.13 Å². The molecule has 0 amide bonds. The molecule has 1 unspecified atom stereocenters. The minimum absolute atomic E-state index is 0.145. The van der Waals surface area contributed by atoms with Crippen molar-refractivity contribution in [3.8, 4) is 0 Å². The first-order valence-corrected chi connectivity index (χ1v) is 7.73. The van der Waals surface area contributed by atoms with Crippen LogP contribution in [0.5, 0.6) is 0 Å². The first-order valence-electron chi connectivity index (χ1n) is 4.71. The van der Waals surface area contributed by atoms with Gasteiger partial charge in [-0.3, -0.25) is 4.52 Å². The lowest BCUT2D eigenvalue weighted by molar-refractivity contribution is 0.187. The highest BCUT2D eigenvalue weighted by Gasteiger charge is 2.32. The Hall–Kier alpha value is -0.0000000000000000555. The molecule has 0 radical (unpaired) electrons. The van der Waals surface area contributed by atoms with Crippen LogP contribution in [0.2, 0.25) is 0 Å². The van der Waals surface area contributed by atoms with E-state index in [2.05, 4.69) is 8.83 Å². The summed E-state index contributed by atoms with van der Waals surface area (Å²) in [5.41, 5.74) is 0.842. The summed E-state index contributed by atoms with van der Waals surface area (Å²) in [6, 6.07) is 0. The van der Waals surface area contributed by atoms with Gasteiger partial charge in [0, 0.05) is 0 Å². The summed E-state index contributed by atoms with van der Waals surface area (Å²) in [5, 5.41) is 0. The Labute approximate surface area is 92.9 Å². The first-order chi connectivity index (χ1) is 7.29. The minimum Gasteiger partial charge on any atom is -0.302 e. The Bertz CT molecular complexity index is 358. The van der Waals surface area contributed by atoms with Crippen molar-refractivity contribution in [3.63, 3.8) is 0 Å². The third-order valence-electron chi connectivity index (χ3n) is 2.01. The highest BCUT2D eigenvalue weighted by molar-refractivity contribution is 7.60. The molecule has 16 heavy (non-hydrogen) atoms. The van der Waals surface area contributed by atoms with Crippen LogP contribution in [0.4, 0.5) is 0 Å². The molecule has 0 saturated carbocycles. The van der Waals surface area contributed by atoms with E-state index in [1.54, 1.807) is 0 Å². The topological polar surface area (TPSA) is 113 Å². The number of hydrogen-bond donors (Lipinski definition) is 3. The molecule has 0 aromatic rings. The van der Waals surface area contributed by atoms with Crippen molar-refractivity contribution < 1.29 is 32.6 Å². The van der Waals surface area contributed by atoms with Gasteiger partial charge in [-0.15, -0.1) is 0 Å². The molecule has 0 aromatic carbocycles. The molecule has 0 aromatic heterocycles. The first kappa shape index (κ1) is 14.1. The van der Waals surface area contributed by atoms with Gasteiger partial charge in [0.15, 0.2) is 0 Å². The van der Waals surface area contributed by atoms with Crippen LogP contribution in [0.1, 0.15) is 25.7 Å². The summed E-state index contributed by atoms with van der Waals surface area (Å²) in [5.74, 6) is 0. The van der Waals surface area contributed by atoms with Crippen molar-refractivity contribution in [2.45, 2.75) is 25.7 Å². The molecule has 0 heterocycles. The Morgan fingerprint density at radius 3 is 2.44 bits per heavy atom. The van der Waals surface area contributed by atoms with E-state index in [1.807, 2.05) is 6.08 Å². The number of allylic oxidation sites excluding steroid dienone is 1. The molecule has 0 spiro atoms. The third kappa shape index (κ3) is 5.92. The van der Waals surface area contributed by atoms with Gasteiger partial charge in [0.2, 0.25) is 0 Å². The fourth-order valence-electron chi connectivity index (χ4n) is 1.36. The molecule has 3 N–H and O–H groups in total. The monoisotopic (exact) mass is 272 g/mol. The van der Waals surface area contributed by atoms with Crippen molar-refractivity contribution >= 4 is 15.6 Å². The highest BCUT2D eigenvalue weighted by Crippen LogP contribution is 2.57. The number of phosphoric acid groups is 2. The van der Waals surface area contributed by atoms with Gasteiger partial charge in [0.1, 0.15) is 0 Å². The summed E-state index contributed by atoms with van der Waals surface area (Å²) in [4.78, 5) is 25.7. The summed E-state index contributed by atoms with van der Waals surface area (Å²) in [6.07, 6.45) is 5.58. The van der Waals surface area contributed by atoms with E-state index in [-0.39, 0.29) is 6.61 Å². The van der Waals surface area contributed by atoms with Crippen LogP contribution in [-0.2, 0) is 18.0 Å². The van der Waals surface area contributed by atoms with Gasteiger partial charge in [0.25, 0.3) is 0 Å². The lowest BCUT2D eigenvalue weighted by atomic mass is 10.0. The molecule has 0 aliphatic heterocycles. The summed E-state index contributed by atoms with van der Waals surface area (Å²) >= 11 is 0. The Balaban J connectivity index is 2.44. The molecule has 0 saturated heterocycles. The average molecular weight is 272 g/mol. The number of hydrogen-bond acceptors (Lipinski definition) is 4. The summed E-state index contributed by atoms with van der Waals surface area (Å²) in [6.45, 7) is -0.145. The van der Waals surface area contributed by atoms with E-state index < -0.39 is 15.6 Å². The van der Waals surface area contributed by atoms with Crippen LogP contribution < -0.4 is 0 Å². The molecule has 0 fully saturated rings. The van der Waals surface area contributed by atoms with Gasteiger partial charge >= 0.3 is 15.6 Å². The lowest BCUT2D eigenvalue weighted by Crippen LogP contribution is -2.01. The van der Waals surface area contributed by atoms with Gasteiger partial charge in [0.05, 0.1) is 6.61 Å². The highest BCUT2D eigenvalue weighted by atomic mass is 31.3. The molecular weight excluding hydrogens is 258 g/mol. The van der Waals surface area contributed by atoms with E-state index in [1.165, 1.54) is 0 Å². The molecule has 7 nitrogen and oxygen atoms in total. The van der Waals surface area contributed by atoms with Crippen LogP contribution in [0, 0.1) is 0 Å². The fraction of sp³-hybridized carbons (Fsp3) is 0.714. The number of rotatable bonds is 5. The molecule has 9 heteroatoms. The smallest absolute Gasteiger partial charge is 0.302 e. The molecule has 1 aliphatic carbocycles. The standard InChI is InChI=1S/C7H14O7P2/c8-15(9,10)14-16(11,12)13-6-7-4-2-1-3-5-7/h4H,1-3,5-6H2,(H,11,12)(H2,8,9,10). The van der Waals surface area contributed by atoms with Crippen molar-refractivity contribution in [2.75, 3.05) is 6.61 Å². The SMILES string of the molecule is O=P(O)(O)OP(=O)(O)OCC1=CCCCC1. The lowest BCUT2D eigenvalue weighted by Gasteiger charge is -2.15.